The van der Waals surface area contributed by atoms with Crippen molar-refractivity contribution < 1.29 is 0 Å². The predicted octanol–water partition coefficient (Wildman–Crippen LogP) is 2.29. The van der Waals surface area contributed by atoms with Crippen LogP contribution in [0.4, 0.5) is 0 Å². The van der Waals surface area contributed by atoms with E-state index in [2.05, 4.69) is 5.10 Å². The lowest BCUT2D eigenvalue weighted by Crippen LogP contribution is -2.03. The van der Waals surface area contributed by atoms with Crippen LogP contribution < -0.4 is 5.43 Å². The molecule has 1 aromatic carbocycles. The van der Waals surface area contributed by atoms with Crippen LogP contribution in [-0.4, -0.2) is 9.61 Å². The number of nitrogens with one attached hydrogen (secondary N) is 1. The molecule has 3 rings (SSSR count). The van der Waals surface area contributed by atoms with E-state index in [1.165, 1.54) is 6.07 Å². The largest absolute Gasteiger partial charge is 0.301 e. The third-order valence-corrected chi connectivity index (χ3v) is 2.63. The molecule has 16 heavy (non-hydrogen) atoms. The molecule has 3 nitrogen and oxygen atoms in total. The molecule has 3 aromatic rings. The standard InChI is InChI=1S/C13H10N2O/c16-13-6-7-14-15-9-11(8-12(13)15)10-4-2-1-3-5-10/h1-9,14H. The van der Waals surface area contributed by atoms with Crippen LogP contribution in [0.3, 0.4) is 0 Å². The van der Waals surface area contributed by atoms with E-state index in [0.717, 1.165) is 11.1 Å². The van der Waals surface area contributed by atoms with Gasteiger partial charge in [-0.25, -0.2) is 0 Å². The normalized spacial score (nSPS) is 10.8. The third kappa shape index (κ3) is 1.34. The van der Waals surface area contributed by atoms with Crippen LogP contribution in [0.2, 0.25) is 0 Å². The molecule has 0 saturated heterocycles. The second-order valence-corrected chi connectivity index (χ2v) is 3.68. The third-order valence-electron chi connectivity index (χ3n) is 2.63. The highest BCUT2D eigenvalue weighted by molar-refractivity contribution is 5.69. The summed E-state index contributed by atoms with van der Waals surface area (Å²) in [5.74, 6) is 0. The van der Waals surface area contributed by atoms with Crippen LogP contribution >= 0.6 is 0 Å². The van der Waals surface area contributed by atoms with E-state index in [4.69, 9.17) is 0 Å². The quantitative estimate of drug-likeness (QED) is 0.657. The Labute approximate surface area is 92.0 Å². The van der Waals surface area contributed by atoms with Gasteiger partial charge < -0.3 is 5.10 Å². The van der Waals surface area contributed by atoms with E-state index < -0.39 is 0 Å². The Morgan fingerprint density at radius 1 is 1.00 bits per heavy atom. The molecule has 0 amide bonds. The summed E-state index contributed by atoms with van der Waals surface area (Å²) in [6, 6.07) is 13.4. The molecule has 0 unspecified atom stereocenters. The van der Waals surface area contributed by atoms with Crippen molar-refractivity contribution in [2.24, 2.45) is 0 Å². The summed E-state index contributed by atoms with van der Waals surface area (Å²) in [4.78, 5) is 11.6. The summed E-state index contributed by atoms with van der Waals surface area (Å²) >= 11 is 0. The van der Waals surface area contributed by atoms with Crippen LogP contribution in [0.25, 0.3) is 16.6 Å². The number of hydrogen-bond acceptors (Lipinski definition) is 1. The van der Waals surface area contributed by atoms with Gasteiger partial charge >= 0.3 is 0 Å². The smallest absolute Gasteiger partial charge is 0.205 e. The van der Waals surface area contributed by atoms with E-state index in [1.807, 2.05) is 42.6 Å². The van der Waals surface area contributed by atoms with Crippen molar-refractivity contribution in [3.8, 4) is 11.1 Å². The molecule has 0 fully saturated rings. The van der Waals surface area contributed by atoms with Gasteiger partial charge in [0.1, 0.15) is 5.52 Å². The van der Waals surface area contributed by atoms with Gasteiger partial charge in [0.05, 0.1) is 0 Å². The number of fused-ring (bicyclic) bond motifs is 1. The van der Waals surface area contributed by atoms with Crippen LogP contribution in [0.15, 0.2) is 59.7 Å². The molecular formula is C13H10N2O. The average Bonchev–Trinajstić information content (AvgIpc) is 2.76. The summed E-state index contributed by atoms with van der Waals surface area (Å²) in [5.41, 5.74) is 2.85. The van der Waals surface area contributed by atoms with Crippen LogP contribution in [0.5, 0.6) is 0 Å². The van der Waals surface area contributed by atoms with Gasteiger partial charge in [0.2, 0.25) is 5.43 Å². The Kier molecular flexibility index (Phi) is 1.90. The highest BCUT2D eigenvalue weighted by atomic mass is 16.1. The monoisotopic (exact) mass is 210 g/mol. The molecular weight excluding hydrogens is 200 g/mol. The molecule has 0 radical (unpaired) electrons. The minimum Gasteiger partial charge on any atom is -0.301 e. The number of rotatable bonds is 1. The second-order valence-electron chi connectivity index (χ2n) is 3.68. The van der Waals surface area contributed by atoms with Gasteiger partial charge in [-0.05, 0) is 11.6 Å². The molecule has 0 saturated carbocycles. The molecule has 2 aromatic heterocycles. The van der Waals surface area contributed by atoms with Crippen molar-refractivity contribution in [2.45, 2.75) is 0 Å². The van der Waals surface area contributed by atoms with Crippen LogP contribution in [0.1, 0.15) is 0 Å². The first-order valence-corrected chi connectivity index (χ1v) is 5.10. The minimum absolute atomic E-state index is 0.0286. The Morgan fingerprint density at radius 2 is 1.81 bits per heavy atom. The molecule has 78 valence electrons. The van der Waals surface area contributed by atoms with Crippen molar-refractivity contribution in [3.05, 3.63) is 65.1 Å². The zero-order chi connectivity index (χ0) is 11.0. The van der Waals surface area contributed by atoms with Crippen molar-refractivity contribution in [1.29, 1.82) is 0 Å². The van der Waals surface area contributed by atoms with Gasteiger partial charge in [-0.15, -0.1) is 0 Å². The molecule has 0 atom stereocenters. The van der Waals surface area contributed by atoms with Gasteiger partial charge in [0.25, 0.3) is 0 Å². The summed E-state index contributed by atoms with van der Waals surface area (Å²) in [7, 11) is 0. The molecule has 0 bridgehead atoms. The Hall–Kier alpha value is -2.29. The number of aromatic nitrogens is 2. The first-order chi connectivity index (χ1) is 7.84. The lowest BCUT2D eigenvalue weighted by atomic mass is 10.1. The SMILES string of the molecule is O=c1cc[nH]n2cc(-c3ccccc3)cc12. The first-order valence-electron chi connectivity index (χ1n) is 5.10. The maximum absolute atomic E-state index is 11.6. The topological polar surface area (TPSA) is 37.3 Å². The number of hydrogen-bond donors (Lipinski definition) is 1. The fraction of sp³-hybridized carbons (Fsp3) is 0. The van der Waals surface area contributed by atoms with Gasteiger partial charge in [-0.1, -0.05) is 30.3 Å². The molecule has 2 heterocycles. The van der Waals surface area contributed by atoms with E-state index in [0.29, 0.717) is 5.52 Å². The summed E-state index contributed by atoms with van der Waals surface area (Å²) in [6.07, 6.45) is 3.57. The van der Waals surface area contributed by atoms with Gasteiger partial charge in [-0.2, -0.15) is 0 Å². The highest BCUT2D eigenvalue weighted by Gasteiger charge is 2.03. The van der Waals surface area contributed by atoms with Crippen molar-refractivity contribution in [2.75, 3.05) is 0 Å². The lowest BCUT2D eigenvalue weighted by Gasteiger charge is -1.94. The number of benzene rings is 1. The molecule has 0 aliphatic heterocycles. The van der Waals surface area contributed by atoms with E-state index in [9.17, 15) is 4.79 Å². The van der Waals surface area contributed by atoms with E-state index >= 15 is 0 Å². The van der Waals surface area contributed by atoms with Gasteiger partial charge in [0, 0.05) is 24.0 Å². The minimum atomic E-state index is 0.0286. The molecule has 3 heteroatoms. The van der Waals surface area contributed by atoms with E-state index in [-0.39, 0.29) is 5.43 Å². The average molecular weight is 210 g/mol. The summed E-state index contributed by atoms with van der Waals surface area (Å²) in [6.45, 7) is 0. The first kappa shape index (κ1) is 8.97. The van der Waals surface area contributed by atoms with E-state index in [1.54, 1.807) is 10.7 Å². The zero-order valence-electron chi connectivity index (χ0n) is 8.55. The number of aromatic amines is 1. The number of nitrogens with zero attached hydrogens (tertiary/aromatic N) is 1. The van der Waals surface area contributed by atoms with Gasteiger partial charge in [0.15, 0.2) is 0 Å². The molecule has 0 aliphatic rings. The second kappa shape index (κ2) is 3.38. The fourth-order valence-electron chi connectivity index (χ4n) is 1.83. The number of H-pyrrole nitrogens is 1. The highest BCUT2D eigenvalue weighted by Crippen LogP contribution is 2.20. The van der Waals surface area contributed by atoms with Crippen LogP contribution in [-0.2, 0) is 0 Å². The Bertz CT molecular complexity index is 680. The van der Waals surface area contributed by atoms with Crippen molar-refractivity contribution in [3.63, 3.8) is 0 Å². The molecule has 1 N–H and O–H groups in total. The van der Waals surface area contributed by atoms with Gasteiger partial charge in [-0.3, -0.25) is 9.31 Å². The lowest BCUT2D eigenvalue weighted by molar-refractivity contribution is 0.935. The van der Waals surface area contributed by atoms with Crippen molar-refractivity contribution in [1.82, 2.24) is 9.61 Å². The fourth-order valence-corrected chi connectivity index (χ4v) is 1.83. The summed E-state index contributed by atoms with van der Waals surface area (Å²) < 4.78 is 1.74. The predicted molar refractivity (Wildman–Crippen MR) is 63.5 cm³/mol. The molecule has 0 aliphatic carbocycles. The zero-order valence-corrected chi connectivity index (χ0v) is 8.55. The van der Waals surface area contributed by atoms with Crippen LogP contribution in [0, 0.1) is 0 Å². The van der Waals surface area contributed by atoms with Crippen molar-refractivity contribution >= 4 is 5.52 Å². The summed E-state index contributed by atoms with van der Waals surface area (Å²) in [5, 5.41) is 3.00. The Morgan fingerprint density at radius 3 is 2.56 bits per heavy atom. The molecule has 0 spiro atoms. The maximum atomic E-state index is 11.6. The maximum Gasteiger partial charge on any atom is 0.205 e. The Balaban J connectivity index is 2.28.